The van der Waals surface area contributed by atoms with E-state index in [1.165, 1.54) is 10.9 Å². The first kappa shape index (κ1) is 17.8. The van der Waals surface area contributed by atoms with E-state index in [1.807, 2.05) is 0 Å². The van der Waals surface area contributed by atoms with Crippen LogP contribution in [0.5, 0.6) is 0 Å². The first-order valence-corrected chi connectivity index (χ1v) is 9.56. The summed E-state index contributed by atoms with van der Waals surface area (Å²) in [6.07, 6.45) is 5.80. The first-order chi connectivity index (χ1) is 12.5. The van der Waals surface area contributed by atoms with Crippen molar-refractivity contribution in [2.45, 2.75) is 37.6 Å². The second-order valence-corrected chi connectivity index (χ2v) is 8.39. The van der Waals surface area contributed by atoms with Crippen LogP contribution in [0.3, 0.4) is 0 Å². The molecular formula is C18H23ClN3O4-. The zero-order valence-corrected chi connectivity index (χ0v) is 15.5. The molecule has 1 heterocycles. The van der Waals surface area contributed by atoms with E-state index < -0.39 is 23.0 Å². The van der Waals surface area contributed by atoms with Crippen LogP contribution in [0.25, 0.3) is 0 Å². The Hall–Kier alpha value is -1.60. The van der Waals surface area contributed by atoms with Gasteiger partial charge in [-0.25, -0.2) is 4.68 Å². The lowest BCUT2D eigenvalue weighted by atomic mass is 9.48. The van der Waals surface area contributed by atoms with Crippen molar-refractivity contribution in [2.75, 3.05) is 25.6 Å². The summed E-state index contributed by atoms with van der Waals surface area (Å²) in [6.45, 7) is 0.974. The van der Waals surface area contributed by atoms with Crippen molar-refractivity contribution in [1.82, 2.24) is 9.78 Å². The Bertz CT molecular complexity index is 766. The summed E-state index contributed by atoms with van der Waals surface area (Å²) in [4.78, 5) is 25.0. The number of carbonyl (C=O) groups is 1. The highest BCUT2D eigenvalue weighted by molar-refractivity contribution is 6.32. The van der Waals surface area contributed by atoms with Crippen molar-refractivity contribution in [3.05, 3.63) is 21.6 Å². The van der Waals surface area contributed by atoms with E-state index in [-0.39, 0.29) is 10.9 Å². The van der Waals surface area contributed by atoms with E-state index in [2.05, 4.69) is 10.4 Å². The van der Waals surface area contributed by atoms with Crippen molar-refractivity contribution in [3.8, 4) is 0 Å². The number of rotatable bonds is 6. The summed E-state index contributed by atoms with van der Waals surface area (Å²) in [7, 11) is 1.59. The van der Waals surface area contributed by atoms with Crippen LogP contribution >= 0.6 is 11.6 Å². The number of ether oxygens (including phenoxy) is 1. The zero-order chi connectivity index (χ0) is 18.5. The van der Waals surface area contributed by atoms with Gasteiger partial charge in [0.1, 0.15) is 5.02 Å². The second kappa shape index (κ2) is 6.53. The maximum absolute atomic E-state index is 13.0. The number of carboxylic acids is 1. The Kier molecular flexibility index (Phi) is 4.47. The molecule has 142 valence electrons. The quantitative estimate of drug-likeness (QED) is 0.735. The van der Waals surface area contributed by atoms with Crippen molar-refractivity contribution in [1.29, 1.82) is 0 Å². The minimum absolute atomic E-state index is 0.0453. The molecule has 7 nitrogen and oxygen atoms in total. The standard InChI is InChI=1S/C18H24ClN3O4/c1-26-3-2-20-13-9-21-22(16(23)15(13)19)18-7-10-4-11(8-18)6-12(5-10)14(18)17(24)25/h9-12,14,20H,2-8H2,1H3,(H,24,25)/p-1/t10-,11+,12?,14-,18?/m1/s1. The van der Waals surface area contributed by atoms with Gasteiger partial charge in [0.2, 0.25) is 0 Å². The first-order valence-electron chi connectivity index (χ1n) is 9.18. The van der Waals surface area contributed by atoms with Crippen LogP contribution in [-0.2, 0) is 15.1 Å². The fraction of sp³-hybridized carbons (Fsp3) is 0.722. The molecule has 4 aliphatic rings. The van der Waals surface area contributed by atoms with Gasteiger partial charge in [-0.3, -0.25) is 4.79 Å². The number of nitrogens with zero attached hydrogens (tertiary/aromatic N) is 2. The van der Waals surface area contributed by atoms with Crippen molar-refractivity contribution < 1.29 is 14.6 Å². The molecule has 0 aliphatic heterocycles. The van der Waals surface area contributed by atoms with E-state index in [9.17, 15) is 14.7 Å². The van der Waals surface area contributed by atoms with E-state index in [1.54, 1.807) is 7.11 Å². The number of halogens is 1. The highest BCUT2D eigenvalue weighted by atomic mass is 35.5. The van der Waals surface area contributed by atoms with Crippen LogP contribution in [-0.4, -0.2) is 36.0 Å². The number of anilines is 1. The fourth-order valence-electron chi connectivity index (χ4n) is 5.88. The molecule has 0 aromatic carbocycles. The van der Waals surface area contributed by atoms with Crippen molar-refractivity contribution in [3.63, 3.8) is 0 Å². The van der Waals surface area contributed by atoms with Gasteiger partial charge in [0.05, 0.1) is 24.0 Å². The molecule has 1 aromatic heterocycles. The number of methoxy groups -OCH3 is 1. The van der Waals surface area contributed by atoms with Gasteiger partial charge in [0, 0.05) is 25.5 Å². The smallest absolute Gasteiger partial charge is 0.288 e. The average Bonchev–Trinajstić information content (AvgIpc) is 2.57. The highest BCUT2D eigenvalue weighted by Crippen LogP contribution is 2.61. The average molecular weight is 381 g/mol. The SMILES string of the molecule is COCCNc1cnn(C23C[C@@H]4CC(C[C@@H](C4)C2)[C@@H]3C(=O)[O-])c(=O)c1Cl. The van der Waals surface area contributed by atoms with Crippen LogP contribution in [0.4, 0.5) is 5.69 Å². The lowest BCUT2D eigenvalue weighted by Gasteiger charge is -2.61. The molecule has 0 spiro atoms. The molecule has 5 atom stereocenters. The number of aromatic nitrogens is 2. The Balaban J connectivity index is 1.74. The van der Waals surface area contributed by atoms with Gasteiger partial charge in [-0.15, -0.1) is 0 Å². The summed E-state index contributed by atoms with van der Waals surface area (Å²) in [5.74, 6) is -0.770. The van der Waals surface area contributed by atoms with Crippen LogP contribution in [0.1, 0.15) is 32.1 Å². The lowest BCUT2D eigenvalue weighted by molar-refractivity contribution is -0.323. The molecule has 5 rings (SSSR count). The molecule has 4 aliphatic carbocycles. The van der Waals surface area contributed by atoms with Crippen LogP contribution < -0.4 is 16.0 Å². The molecule has 4 bridgehead atoms. The molecule has 8 heteroatoms. The Morgan fingerprint density at radius 3 is 2.73 bits per heavy atom. The second-order valence-electron chi connectivity index (χ2n) is 8.02. The number of carbonyl (C=O) groups excluding carboxylic acids is 1. The minimum Gasteiger partial charge on any atom is -0.550 e. The molecule has 4 fully saturated rings. The third-order valence-corrected chi connectivity index (χ3v) is 6.86. The third kappa shape index (κ3) is 2.63. The molecule has 1 N–H and O–H groups in total. The van der Waals surface area contributed by atoms with Gasteiger partial charge in [-0.2, -0.15) is 5.10 Å². The van der Waals surface area contributed by atoms with E-state index >= 15 is 0 Å². The Morgan fingerprint density at radius 2 is 2.12 bits per heavy atom. The summed E-state index contributed by atoms with van der Waals surface area (Å²) in [5, 5.41) is 19.4. The van der Waals surface area contributed by atoms with Gasteiger partial charge in [-0.1, -0.05) is 11.6 Å². The highest BCUT2D eigenvalue weighted by Gasteiger charge is 2.59. The summed E-state index contributed by atoms with van der Waals surface area (Å²) >= 11 is 6.31. The number of aliphatic carboxylic acids is 1. The summed E-state index contributed by atoms with van der Waals surface area (Å²) in [5.41, 5.74) is -0.790. The van der Waals surface area contributed by atoms with Crippen molar-refractivity contribution >= 4 is 23.3 Å². The van der Waals surface area contributed by atoms with Gasteiger partial charge in [0.15, 0.2) is 0 Å². The van der Waals surface area contributed by atoms with Crippen LogP contribution in [0.2, 0.25) is 5.02 Å². The number of nitrogens with one attached hydrogen (secondary N) is 1. The zero-order valence-electron chi connectivity index (χ0n) is 14.7. The molecule has 0 saturated heterocycles. The predicted molar refractivity (Wildman–Crippen MR) is 93.9 cm³/mol. The van der Waals surface area contributed by atoms with Crippen LogP contribution in [0.15, 0.2) is 11.0 Å². The maximum Gasteiger partial charge on any atom is 0.288 e. The van der Waals surface area contributed by atoms with Crippen LogP contribution in [0, 0.1) is 23.7 Å². The van der Waals surface area contributed by atoms with Gasteiger partial charge in [0.25, 0.3) is 5.56 Å². The molecule has 2 unspecified atom stereocenters. The van der Waals surface area contributed by atoms with Gasteiger partial charge in [-0.05, 0) is 49.9 Å². The van der Waals surface area contributed by atoms with Gasteiger partial charge < -0.3 is 20.0 Å². The minimum atomic E-state index is -1.07. The molecule has 1 aromatic rings. The largest absolute Gasteiger partial charge is 0.550 e. The maximum atomic E-state index is 13.0. The van der Waals surface area contributed by atoms with E-state index in [0.29, 0.717) is 43.5 Å². The van der Waals surface area contributed by atoms with Crippen molar-refractivity contribution in [2.24, 2.45) is 23.7 Å². The number of hydrogen-bond donors (Lipinski definition) is 1. The lowest BCUT2D eigenvalue weighted by Crippen LogP contribution is -2.65. The predicted octanol–water partition coefficient (Wildman–Crippen LogP) is 0.856. The van der Waals surface area contributed by atoms with Gasteiger partial charge >= 0.3 is 0 Å². The summed E-state index contributed by atoms with van der Waals surface area (Å²) in [6, 6.07) is 0. The number of carboxylic acid groups (broad SMARTS) is 1. The van der Waals surface area contributed by atoms with E-state index in [0.717, 1.165) is 19.3 Å². The van der Waals surface area contributed by atoms with E-state index in [4.69, 9.17) is 16.3 Å². The Labute approximate surface area is 156 Å². The monoisotopic (exact) mass is 380 g/mol. The molecule has 26 heavy (non-hydrogen) atoms. The fourth-order valence-corrected chi connectivity index (χ4v) is 6.07. The summed E-state index contributed by atoms with van der Waals surface area (Å²) < 4.78 is 6.34. The molecular weight excluding hydrogens is 358 g/mol. The third-order valence-electron chi connectivity index (χ3n) is 6.49. The molecule has 4 saturated carbocycles. The molecule has 0 amide bonds. The number of hydrogen-bond acceptors (Lipinski definition) is 6. The topological polar surface area (TPSA) is 96.3 Å². The Morgan fingerprint density at radius 1 is 1.42 bits per heavy atom. The molecule has 0 radical (unpaired) electrons. The normalized spacial score (nSPS) is 34.8.